The molecule has 4 aromatic rings. The van der Waals surface area contributed by atoms with Gasteiger partial charge in [-0.15, -0.1) is 0 Å². The van der Waals surface area contributed by atoms with Gasteiger partial charge in [-0.25, -0.2) is 9.37 Å². The predicted molar refractivity (Wildman–Crippen MR) is 115 cm³/mol. The highest BCUT2D eigenvalue weighted by Crippen LogP contribution is 2.27. The zero-order valence-corrected chi connectivity index (χ0v) is 16.7. The third-order valence-corrected chi connectivity index (χ3v) is 5.16. The van der Waals surface area contributed by atoms with Gasteiger partial charge in [0.2, 0.25) is 5.91 Å². The second-order valence-electron chi connectivity index (χ2n) is 7.00. The lowest BCUT2D eigenvalue weighted by Gasteiger charge is -2.18. The number of likely N-dealkylation sites (N-methyl/N-ethyl adjacent to an activating group) is 1. The summed E-state index contributed by atoms with van der Waals surface area (Å²) in [6, 6.07) is 15.3. The summed E-state index contributed by atoms with van der Waals surface area (Å²) in [5, 5.41) is 0. The van der Waals surface area contributed by atoms with Gasteiger partial charge in [-0.05, 0) is 36.8 Å². The van der Waals surface area contributed by atoms with Crippen LogP contribution in [0.5, 0.6) is 0 Å². The van der Waals surface area contributed by atoms with Gasteiger partial charge in [0.25, 0.3) is 5.56 Å². The minimum atomic E-state index is -0.366. The molecule has 7 heteroatoms. The maximum Gasteiger partial charge on any atom is 0.277 e. The Bertz CT molecular complexity index is 1260. The molecular formula is C23H21FN4O2. The van der Waals surface area contributed by atoms with Crippen LogP contribution in [0.4, 0.5) is 10.1 Å². The fraction of sp³-hybridized carbons (Fsp3) is 0.174. The molecule has 1 amide bonds. The van der Waals surface area contributed by atoms with Crippen LogP contribution in [0.25, 0.3) is 22.2 Å². The summed E-state index contributed by atoms with van der Waals surface area (Å²) in [6.45, 7) is 2.31. The molecule has 2 aromatic heterocycles. The molecule has 4 rings (SSSR count). The zero-order valence-electron chi connectivity index (χ0n) is 16.7. The van der Waals surface area contributed by atoms with Crippen LogP contribution in [-0.4, -0.2) is 27.1 Å². The van der Waals surface area contributed by atoms with E-state index in [2.05, 4.69) is 4.98 Å². The number of benzene rings is 2. The summed E-state index contributed by atoms with van der Waals surface area (Å²) in [7, 11) is 1.63. The molecule has 30 heavy (non-hydrogen) atoms. The van der Waals surface area contributed by atoms with E-state index in [1.807, 2.05) is 37.3 Å². The average molecular weight is 404 g/mol. The fourth-order valence-electron chi connectivity index (χ4n) is 3.46. The summed E-state index contributed by atoms with van der Waals surface area (Å²) in [6.07, 6.45) is 3.33. The normalized spacial score (nSPS) is 11.0. The van der Waals surface area contributed by atoms with E-state index >= 15 is 0 Å². The average Bonchev–Trinajstić information content (AvgIpc) is 3.13. The van der Waals surface area contributed by atoms with E-state index in [-0.39, 0.29) is 23.8 Å². The zero-order chi connectivity index (χ0) is 21.3. The highest BCUT2D eigenvalue weighted by Gasteiger charge is 2.19. The van der Waals surface area contributed by atoms with Gasteiger partial charge in [0.1, 0.15) is 23.4 Å². The molecule has 0 unspecified atom stereocenters. The number of anilines is 1. The van der Waals surface area contributed by atoms with Crippen LogP contribution in [0.15, 0.2) is 71.9 Å². The molecule has 6 nitrogen and oxygen atoms in total. The number of halogens is 1. The van der Waals surface area contributed by atoms with Gasteiger partial charge in [0.05, 0.1) is 6.33 Å². The Balaban J connectivity index is 1.79. The minimum Gasteiger partial charge on any atom is -0.332 e. The standard InChI is InChI=1S/C23H21FN4O2/c1-3-27-15-25-21-19(16-7-5-4-6-8-16)13-28(22(21)23(27)30)14-20(29)26(2)18-11-9-17(24)10-12-18/h4-13,15H,3,14H2,1-2H3. The van der Waals surface area contributed by atoms with Crippen LogP contribution >= 0.6 is 0 Å². The van der Waals surface area contributed by atoms with E-state index in [0.29, 0.717) is 23.3 Å². The molecule has 0 bridgehead atoms. The Morgan fingerprint density at radius 2 is 1.77 bits per heavy atom. The van der Waals surface area contributed by atoms with Gasteiger partial charge < -0.3 is 9.47 Å². The number of rotatable bonds is 5. The van der Waals surface area contributed by atoms with E-state index < -0.39 is 0 Å². The number of hydrogen-bond donors (Lipinski definition) is 0. The number of aryl methyl sites for hydroxylation is 1. The van der Waals surface area contributed by atoms with Crippen LogP contribution in [0.1, 0.15) is 6.92 Å². The fourth-order valence-corrected chi connectivity index (χ4v) is 3.46. The third kappa shape index (κ3) is 3.50. The summed E-state index contributed by atoms with van der Waals surface area (Å²) in [5.74, 6) is -0.598. The van der Waals surface area contributed by atoms with Crippen molar-refractivity contribution < 1.29 is 9.18 Å². The topological polar surface area (TPSA) is 60.1 Å². The van der Waals surface area contributed by atoms with Crippen molar-refractivity contribution in [2.75, 3.05) is 11.9 Å². The lowest BCUT2D eigenvalue weighted by Crippen LogP contribution is -2.31. The summed E-state index contributed by atoms with van der Waals surface area (Å²) < 4.78 is 16.4. The van der Waals surface area contributed by atoms with Crippen molar-refractivity contribution in [2.24, 2.45) is 0 Å². The number of amides is 1. The number of hydrogen-bond acceptors (Lipinski definition) is 3. The smallest absolute Gasteiger partial charge is 0.277 e. The molecule has 2 aromatic carbocycles. The van der Waals surface area contributed by atoms with Crippen molar-refractivity contribution in [1.29, 1.82) is 0 Å². The Hall–Kier alpha value is -3.74. The second-order valence-corrected chi connectivity index (χ2v) is 7.00. The van der Waals surface area contributed by atoms with E-state index in [4.69, 9.17) is 0 Å². The van der Waals surface area contributed by atoms with Crippen LogP contribution in [0, 0.1) is 5.82 Å². The SMILES string of the molecule is CCn1cnc2c(-c3ccccc3)cn(CC(=O)N(C)c3ccc(F)cc3)c2c1=O. The van der Waals surface area contributed by atoms with Gasteiger partial charge >= 0.3 is 0 Å². The monoisotopic (exact) mass is 404 g/mol. The quantitative estimate of drug-likeness (QED) is 0.510. The van der Waals surface area contributed by atoms with Gasteiger partial charge in [-0.1, -0.05) is 30.3 Å². The second kappa shape index (κ2) is 7.94. The first-order valence-corrected chi connectivity index (χ1v) is 9.65. The van der Waals surface area contributed by atoms with Crippen LogP contribution in [0.3, 0.4) is 0 Å². The summed E-state index contributed by atoms with van der Waals surface area (Å²) in [5.41, 5.74) is 3.05. The van der Waals surface area contributed by atoms with E-state index in [1.54, 1.807) is 29.9 Å². The number of aromatic nitrogens is 3. The number of carbonyl (C=O) groups is 1. The van der Waals surface area contributed by atoms with Gasteiger partial charge in [-0.3, -0.25) is 14.2 Å². The van der Waals surface area contributed by atoms with Gasteiger partial charge in [0, 0.05) is 31.0 Å². The highest BCUT2D eigenvalue weighted by molar-refractivity contribution is 5.96. The lowest BCUT2D eigenvalue weighted by molar-refractivity contribution is -0.118. The van der Waals surface area contributed by atoms with E-state index in [1.165, 1.54) is 27.9 Å². The summed E-state index contributed by atoms with van der Waals surface area (Å²) >= 11 is 0. The van der Waals surface area contributed by atoms with Crippen LogP contribution in [0.2, 0.25) is 0 Å². The first-order chi connectivity index (χ1) is 14.5. The largest absolute Gasteiger partial charge is 0.332 e. The molecule has 0 aliphatic rings. The Kier molecular flexibility index (Phi) is 5.18. The molecule has 0 spiro atoms. The molecule has 0 saturated heterocycles. The predicted octanol–water partition coefficient (Wildman–Crippen LogP) is 3.69. The van der Waals surface area contributed by atoms with Crippen molar-refractivity contribution in [2.45, 2.75) is 20.0 Å². The first kappa shape index (κ1) is 19.6. The molecule has 0 fully saturated rings. The lowest BCUT2D eigenvalue weighted by atomic mass is 10.1. The van der Waals surface area contributed by atoms with Crippen molar-refractivity contribution in [3.63, 3.8) is 0 Å². The Labute approximate surface area is 172 Å². The van der Waals surface area contributed by atoms with Gasteiger partial charge in [0.15, 0.2) is 0 Å². The Morgan fingerprint density at radius 3 is 2.43 bits per heavy atom. The molecular weight excluding hydrogens is 383 g/mol. The summed E-state index contributed by atoms with van der Waals surface area (Å²) in [4.78, 5) is 31.9. The maximum absolute atomic E-state index is 13.2. The molecule has 0 aliphatic heterocycles. The first-order valence-electron chi connectivity index (χ1n) is 9.65. The third-order valence-electron chi connectivity index (χ3n) is 5.16. The Morgan fingerprint density at radius 1 is 1.07 bits per heavy atom. The van der Waals surface area contributed by atoms with Crippen molar-refractivity contribution in [1.82, 2.24) is 14.1 Å². The van der Waals surface area contributed by atoms with Crippen LogP contribution in [-0.2, 0) is 17.9 Å². The number of carbonyl (C=O) groups excluding carboxylic acids is 1. The number of fused-ring (bicyclic) bond motifs is 1. The van der Waals surface area contributed by atoms with E-state index in [9.17, 15) is 14.0 Å². The van der Waals surface area contributed by atoms with Gasteiger partial charge in [-0.2, -0.15) is 0 Å². The molecule has 2 heterocycles. The maximum atomic E-state index is 13.2. The molecule has 0 aliphatic carbocycles. The van der Waals surface area contributed by atoms with Crippen molar-refractivity contribution >= 4 is 22.6 Å². The number of nitrogens with zero attached hydrogens (tertiary/aromatic N) is 4. The molecule has 0 saturated carbocycles. The molecule has 0 N–H and O–H groups in total. The van der Waals surface area contributed by atoms with Crippen molar-refractivity contribution in [3.8, 4) is 11.1 Å². The minimum absolute atomic E-state index is 0.0398. The van der Waals surface area contributed by atoms with Crippen molar-refractivity contribution in [3.05, 3.63) is 83.3 Å². The molecule has 0 atom stereocenters. The van der Waals surface area contributed by atoms with Crippen LogP contribution < -0.4 is 10.5 Å². The molecule has 0 radical (unpaired) electrons. The van der Waals surface area contributed by atoms with E-state index in [0.717, 1.165) is 11.1 Å². The molecule has 152 valence electrons. The highest BCUT2D eigenvalue weighted by atomic mass is 19.1.